The Hall–Kier alpha value is -3.55. The lowest BCUT2D eigenvalue weighted by Gasteiger charge is -2.16. The number of benzene rings is 1. The summed E-state index contributed by atoms with van der Waals surface area (Å²) >= 11 is 0. The van der Waals surface area contributed by atoms with Gasteiger partial charge in [-0.05, 0) is 48.7 Å². The summed E-state index contributed by atoms with van der Waals surface area (Å²) in [4.78, 5) is 31.3. The summed E-state index contributed by atoms with van der Waals surface area (Å²) in [5.41, 5.74) is 3.55. The van der Waals surface area contributed by atoms with Gasteiger partial charge in [-0.3, -0.25) is 19.3 Å². The molecule has 29 heavy (non-hydrogen) atoms. The van der Waals surface area contributed by atoms with E-state index in [9.17, 15) is 14.0 Å². The summed E-state index contributed by atoms with van der Waals surface area (Å²) in [7, 11) is 0. The van der Waals surface area contributed by atoms with Crippen molar-refractivity contribution in [1.29, 1.82) is 0 Å². The Labute approximate surface area is 166 Å². The Morgan fingerprint density at radius 2 is 2.03 bits per heavy atom. The molecule has 4 heterocycles. The first kappa shape index (κ1) is 17.5. The Kier molecular flexibility index (Phi) is 4.12. The van der Waals surface area contributed by atoms with Crippen molar-refractivity contribution in [3.05, 3.63) is 76.6 Å². The van der Waals surface area contributed by atoms with Crippen LogP contribution in [0.3, 0.4) is 0 Å². The molecule has 0 fully saturated rings. The molecule has 0 saturated heterocycles. The first-order valence-corrected chi connectivity index (χ1v) is 9.47. The number of hydrogen-bond acceptors (Lipinski definition) is 4. The standard InChI is InChI=1S/C21H18FN5O2/c22-15-7-14(21(29)26-11-13-3-1-5-23-19(13)12-26)8-16(9-15)24-20(28)18-10-17-4-2-6-27(17)25-18/h1,3,5,7-10H,2,4,6,11-12H2,(H,24,28). The average Bonchev–Trinajstić information content (AvgIpc) is 3.40. The number of halogens is 1. The van der Waals surface area contributed by atoms with E-state index >= 15 is 0 Å². The maximum atomic E-state index is 14.2. The van der Waals surface area contributed by atoms with E-state index in [1.54, 1.807) is 17.2 Å². The number of aromatic nitrogens is 3. The highest BCUT2D eigenvalue weighted by Crippen LogP contribution is 2.24. The van der Waals surface area contributed by atoms with Crippen LogP contribution < -0.4 is 5.32 Å². The maximum Gasteiger partial charge on any atom is 0.276 e. The molecule has 8 heteroatoms. The molecule has 0 spiro atoms. The zero-order chi connectivity index (χ0) is 20.0. The van der Waals surface area contributed by atoms with E-state index in [0.29, 0.717) is 13.1 Å². The molecular weight excluding hydrogens is 373 g/mol. The van der Waals surface area contributed by atoms with Gasteiger partial charge in [-0.15, -0.1) is 0 Å². The van der Waals surface area contributed by atoms with E-state index in [-0.39, 0.29) is 22.9 Å². The van der Waals surface area contributed by atoms with Gasteiger partial charge in [0.05, 0.1) is 12.2 Å². The lowest BCUT2D eigenvalue weighted by atomic mass is 10.1. The van der Waals surface area contributed by atoms with Crippen molar-refractivity contribution in [2.24, 2.45) is 0 Å². The number of anilines is 1. The first-order chi connectivity index (χ1) is 14.1. The van der Waals surface area contributed by atoms with E-state index < -0.39 is 11.7 Å². The van der Waals surface area contributed by atoms with Gasteiger partial charge >= 0.3 is 0 Å². The number of nitrogens with one attached hydrogen (secondary N) is 1. The molecule has 2 amide bonds. The van der Waals surface area contributed by atoms with Gasteiger partial charge in [0.25, 0.3) is 11.8 Å². The zero-order valence-electron chi connectivity index (χ0n) is 15.6. The van der Waals surface area contributed by atoms with Gasteiger partial charge in [0.2, 0.25) is 0 Å². The number of carbonyl (C=O) groups excluding carboxylic acids is 2. The minimum absolute atomic E-state index is 0.181. The zero-order valence-corrected chi connectivity index (χ0v) is 15.6. The number of pyridine rings is 1. The SMILES string of the molecule is O=C(Nc1cc(F)cc(C(=O)N2Cc3cccnc3C2)c1)c1cc2n(n1)CCC2. The molecule has 0 saturated carbocycles. The first-order valence-electron chi connectivity index (χ1n) is 9.47. The number of aryl methyl sites for hydroxylation is 2. The summed E-state index contributed by atoms with van der Waals surface area (Å²) in [6.45, 7) is 1.61. The molecule has 0 aliphatic carbocycles. The second-order valence-corrected chi connectivity index (χ2v) is 7.30. The van der Waals surface area contributed by atoms with E-state index in [0.717, 1.165) is 36.3 Å². The van der Waals surface area contributed by atoms with Gasteiger partial charge in [0, 0.05) is 36.2 Å². The van der Waals surface area contributed by atoms with Crippen LogP contribution in [0.15, 0.2) is 42.6 Å². The number of rotatable bonds is 3. The van der Waals surface area contributed by atoms with Gasteiger partial charge in [-0.2, -0.15) is 5.10 Å². The Balaban J connectivity index is 1.34. The molecule has 5 rings (SSSR count). The third-order valence-electron chi connectivity index (χ3n) is 5.27. The predicted molar refractivity (Wildman–Crippen MR) is 103 cm³/mol. The number of fused-ring (bicyclic) bond motifs is 2. The molecule has 0 bridgehead atoms. The average molecular weight is 391 g/mol. The van der Waals surface area contributed by atoms with Crippen LogP contribution in [-0.2, 0) is 26.1 Å². The van der Waals surface area contributed by atoms with E-state index in [2.05, 4.69) is 15.4 Å². The van der Waals surface area contributed by atoms with Crippen molar-refractivity contribution in [2.75, 3.05) is 5.32 Å². The van der Waals surface area contributed by atoms with Crippen molar-refractivity contribution in [1.82, 2.24) is 19.7 Å². The number of carbonyl (C=O) groups is 2. The lowest BCUT2D eigenvalue weighted by molar-refractivity contribution is 0.0749. The quantitative estimate of drug-likeness (QED) is 0.745. The molecule has 0 unspecified atom stereocenters. The predicted octanol–water partition coefficient (Wildman–Crippen LogP) is 2.77. The van der Waals surface area contributed by atoms with Gasteiger partial charge in [0.1, 0.15) is 5.82 Å². The fraction of sp³-hybridized carbons (Fsp3) is 0.238. The van der Waals surface area contributed by atoms with Crippen molar-refractivity contribution >= 4 is 17.5 Å². The number of amides is 2. The van der Waals surface area contributed by atoms with E-state index in [1.165, 1.54) is 18.2 Å². The van der Waals surface area contributed by atoms with Crippen molar-refractivity contribution < 1.29 is 14.0 Å². The van der Waals surface area contributed by atoms with Crippen LogP contribution in [0.2, 0.25) is 0 Å². The highest BCUT2D eigenvalue weighted by molar-refractivity contribution is 6.04. The molecular formula is C21H18FN5O2. The monoisotopic (exact) mass is 391 g/mol. The van der Waals surface area contributed by atoms with Gasteiger partial charge in [-0.25, -0.2) is 4.39 Å². The van der Waals surface area contributed by atoms with Gasteiger partial charge < -0.3 is 10.2 Å². The minimum atomic E-state index is -0.590. The Morgan fingerprint density at radius 3 is 2.86 bits per heavy atom. The molecule has 146 valence electrons. The molecule has 0 atom stereocenters. The van der Waals surface area contributed by atoms with Crippen LogP contribution >= 0.6 is 0 Å². The third-order valence-corrected chi connectivity index (χ3v) is 5.27. The van der Waals surface area contributed by atoms with E-state index in [4.69, 9.17) is 0 Å². The molecule has 3 aromatic rings. The number of hydrogen-bond donors (Lipinski definition) is 1. The molecule has 1 N–H and O–H groups in total. The van der Waals surface area contributed by atoms with Gasteiger partial charge in [0.15, 0.2) is 5.69 Å². The Bertz CT molecular complexity index is 1090. The number of nitrogens with zero attached hydrogens (tertiary/aromatic N) is 4. The second kappa shape index (κ2) is 6.80. The molecule has 2 aliphatic heterocycles. The van der Waals surface area contributed by atoms with Gasteiger partial charge in [-0.1, -0.05) is 6.07 Å². The minimum Gasteiger partial charge on any atom is -0.328 e. The summed E-state index contributed by atoms with van der Waals surface area (Å²) in [5.74, 6) is -1.32. The largest absolute Gasteiger partial charge is 0.328 e. The van der Waals surface area contributed by atoms with Crippen LogP contribution in [-0.4, -0.2) is 31.5 Å². The van der Waals surface area contributed by atoms with Crippen LogP contribution in [0.4, 0.5) is 10.1 Å². The molecule has 2 aliphatic rings. The highest BCUT2D eigenvalue weighted by Gasteiger charge is 2.26. The smallest absolute Gasteiger partial charge is 0.276 e. The van der Waals surface area contributed by atoms with Crippen LogP contribution in [0.25, 0.3) is 0 Å². The van der Waals surface area contributed by atoms with Crippen molar-refractivity contribution in [3.8, 4) is 0 Å². The van der Waals surface area contributed by atoms with Crippen LogP contribution in [0.5, 0.6) is 0 Å². The highest BCUT2D eigenvalue weighted by atomic mass is 19.1. The lowest BCUT2D eigenvalue weighted by Crippen LogP contribution is -2.25. The van der Waals surface area contributed by atoms with Crippen LogP contribution in [0, 0.1) is 5.82 Å². The summed E-state index contributed by atoms with van der Waals surface area (Å²) in [5, 5.41) is 6.93. The summed E-state index contributed by atoms with van der Waals surface area (Å²) < 4.78 is 16.0. The normalized spacial score (nSPS) is 14.6. The maximum absolute atomic E-state index is 14.2. The fourth-order valence-corrected chi connectivity index (χ4v) is 3.88. The molecule has 0 radical (unpaired) electrons. The Morgan fingerprint density at radius 1 is 1.14 bits per heavy atom. The van der Waals surface area contributed by atoms with Crippen LogP contribution in [0.1, 0.15) is 44.2 Å². The summed E-state index contributed by atoms with van der Waals surface area (Å²) in [6.07, 6.45) is 3.61. The topological polar surface area (TPSA) is 80.1 Å². The fourth-order valence-electron chi connectivity index (χ4n) is 3.88. The second-order valence-electron chi connectivity index (χ2n) is 7.30. The van der Waals surface area contributed by atoms with Crippen molar-refractivity contribution in [2.45, 2.75) is 32.5 Å². The van der Waals surface area contributed by atoms with Crippen molar-refractivity contribution in [3.63, 3.8) is 0 Å². The molecule has 7 nitrogen and oxygen atoms in total. The summed E-state index contributed by atoms with van der Waals surface area (Å²) in [6, 6.07) is 9.37. The molecule has 1 aromatic carbocycles. The molecule has 2 aromatic heterocycles. The van der Waals surface area contributed by atoms with E-state index in [1.807, 2.05) is 16.8 Å². The third kappa shape index (κ3) is 3.26.